The maximum atomic E-state index is 5.27. The Kier molecular flexibility index (Phi) is 74.6. The quantitative estimate of drug-likeness (QED) is 0.118. The van der Waals surface area contributed by atoms with E-state index in [1.807, 2.05) is 0 Å². The summed E-state index contributed by atoms with van der Waals surface area (Å²) in [6.07, 6.45) is -1.99. The zero-order chi connectivity index (χ0) is 14.6. The van der Waals surface area contributed by atoms with Crippen LogP contribution < -0.4 is 108 Å². The minimum Gasteiger partial charge on any atom is -1.00 e. The van der Waals surface area contributed by atoms with Crippen LogP contribution in [-0.2, 0) is 29.9 Å². The molecular formula is C8H28Cl5N8O2Re. The van der Waals surface area contributed by atoms with Gasteiger partial charge in [0.25, 0.3) is 0 Å². The molecule has 0 saturated heterocycles. The summed E-state index contributed by atoms with van der Waals surface area (Å²) in [7, 11) is 0. The SMILES string of the molecule is NCC(N)OC(N)CN.NCC(N)OC(N)CN.[Cl-].[Cl-].[Cl-].[Cl-].[Cl-].[Re+5]. The fraction of sp³-hybridized carbons (Fsp3) is 1.00. The molecule has 0 heterocycles. The molecule has 0 aromatic heterocycles. The molecule has 24 heavy (non-hydrogen) atoms. The minimum atomic E-state index is -0.497. The Morgan fingerprint density at radius 2 is 0.583 bits per heavy atom. The van der Waals surface area contributed by atoms with E-state index in [0.29, 0.717) is 0 Å². The largest absolute Gasteiger partial charge is 5.00 e. The molecule has 0 amide bonds. The molecule has 0 aliphatic rings. The molecule has 10 nitrogen and oxygen atoms in total. The van der Waals surface area contributed by atoms with Gasteiger partial charge in [0.05, 0.1) is 0 Å². The predicted molar refractivity (Wildman–Crippen MR) is 70.3 cm³/mol. The van der Waals surface area contributed by atoms with Crippen LogP contribution in [0.3, 0.4) is 0 Å². The van der Waals surface area contributed by atoms with Crippen molar-refractivity contribution >= 4 is 0 Å². The van der Waals surface area contributed by atoms with Crippen molar-refractivity contribution in [1.29, 1.82) is 0 Å². The number of halogens is 5. The van der Waals surface area contributed by atoms with Gasteiger partial charge < -0.3 is 117 Å². The molecule has 154 valence electrons. The van der Waals surface area contributed by atoms with Gasteiger partial charge in [0, 0.05) is 26.2 Å². The fourth-order valence-electron chi connectivity index (χ4n) is 0.671. The van der Waals surface area contributed by atoms with Crippen molar-refractivity contribution < 1.29 is 91.9 Å². The molecule has 0 fully saturated rings. The molecule has 0 aromatic rings. The van der Waals surface area contributed by atoms with E-state index in [9.17, 15) is 0 Å². The van der Waals surface area contributed by atoms with Crippen molar-refractivity contribution in [2.45, 2.75) is 24.9 Å². The van der Waals surface area contributed by atoms with E-state index in [4.69, 9.17) is 55.3 Å². The third-order valence-corrected chi connectivity index (χ3v) is 1.63. The molecule has 0 radical (unpaired) electrons. The number of ether oxygens (including phenoxy) is 2. The van der Waals surface area contributed by atoms with Gasteiger partial charge in [-0.1, -0.05) is 0 Å². The fourth-order valence-corrected chi connectivity index (χ4v) is 0.671. The Hall–Kier alpha value is 1.71. The Morgan fingerprint density at radius 1 is 0.458 bits per heavy atom. The van der Waals surface area contributed by atoms with Crippen molar-refractivity contribution in [1.82, 2.24) is 0 Å². The van der Waals surface area contributed by atoms with E-state index in [0.717, 1.165) is 0 Å². The van der Waals surface area contributed by atoms with Crippen molar-refractivity contribution in [3.8, 4) is 0 Å². The third-order valence-electron chi connectivity index (χ3n) is 1.63. The monoisotopic (exact) mass is 630 g/mol. The molecular weight excluding hydrogens is 604 g/mol. The third kappa shape index (κ3) is 39.0. The van der Waals surface area contributed by atoms with Crippen LogP contribution in [0, 0.1) is 0 Å². The van der Waals surface area contributed by atoms with E-state index in [1.165, 1.54) is 0 Å². The minimum absolute atomic E-state index is 0. The van der Waals surface area contributed by atoms with Gasteiger partial charge >= 0.3 is 20.4 Å². The van der Waals surface area contributed by atoms with Crippen LogP contribution in [0.5, 0.6) is 0 Å². The number of rotatable bonds is 8. The van der Waals surface area contributed by atoms with Crippen molar-refractivity contribution in [2.24, 2.45) is 45.9 Å². The van der Waals surface area contributed by atoms with Crippen LogP contribution in [0.4, 0.5) is 0 Å². The van der Waals surface area contributed by atoms with Gasteiger partial charge in [-0.15, -0.1) is 0 Å². The molecule has 16 N–H and O–H groups in total. The van der Waals surface area contributed by atoms with E-state index in [-0.39, 0.29) is 109 Å². The van der Waals surface area contributed by atoms with E-state index in [1.54, 1.807) is 0 Å². The Balaban J connectivity index is -0.0000000284. The Bertz CT molecular complexity index is 165. The summed E-state index contributed by atoms with van der Waals surface area (Å²) in [6.45, 7) is 1.03. The Labute approximate surface area is 188 Å². The van der Waals surface area contributed by atoms with Gasteiger partial charge in [0.2, 0.25) is 0 Å². The molecule has 0 saturated carbocycles. The second-order valence-electron chi connectivity index (χ2n) is 3.37. The first-order valence-electron chi connectivity index (χ1n) is 5.54. The summed E-state index contributed by atoms with van der Waals surface area (Å²) in [4.78, 5) is 0. The normalized spacial score (nSPS) is 13.0. The standard InChI is InChI=1S/2C4H14N4O.5ClH.Re/c2*5-1-3(7)9-4(8)2-6;;;;;;/h2*3-4H,1-2,5-8H2;5*1H;/q;;;;;;;+5/p-5. The van der Waals surface area contributed by atoms with E-state index < -0.39 is 24.9 Å². The van der Waals surface area contributed by atoms with Crippen molar-refractivity contribution in [2.75, 3.05) is 26.2 Å². The second-order valence-corrected chi connectivity index (χ2v) is 3.37. The first-order chi connectivity index (χ1) is 8.40. The average Bonchev–Trinajstić information content (AvgIpc) is 2.38. The van der Waals surface area contributed by atoms with Crippen LogP contribution in [0.2, 0.25) is 0 Å². The molecule has 0 aromatic carbocycles. The predicted octanol–water partition coefficient (Wildman–Crippen LogP) is -20.0. The van der Waals surface area contributed by atoms with E-state index in [2.05, 4.69) is 0 Å². The van der Waals surface area contributed by atoms with Gasteiger partial charge in [-0.3, -0.25) is 0 Å². The molecule has 0 spiro atoms. The van der Waals surface area contributed by atoms with Crippen LogP contribution >= 0.6 is 0 Å². The summed E-state index contributed by atoms with van der Waals surface area (Å²) in [5.74, 6) is 0. The molecule has 0 bridgehead atoms. The van der Waals surface area contributed by atoms with Gasteiger partial charge in [0.15, 0.2) is 0 Å². The molecule has 4 unspecified atom stereocenters. The molecule has 4 atom stereocenters. The zero-order valence-electron chi connectivity index (χ0n) is 12.8. The van der Waals surface area contributed by atoms with Crippen LogP contribution in [-0.4, -0.2) is 51.1 Å². The topological polar surface area (TPSA) is 227 Å². The van der Waals surface area contributed by atoms with Crippen molar-refractivity contribution in [3.63, 3.8) is 0 Å². The van der Waals surface area contributed by atoms with Gasteiger partial charge in [-0.25, -0.2) is 0 Å². The number of hydrogen-bond acceptors (Lipinski definition) is 10. The maximum Gasteiger partial charge on any atom is 5.00 e. The molecule has 0 aliphatic heterocycles. The summed E-state index contributed by atoms with van der Waals surface area (Å²) in [5, 5.41) is 0. The summed E-state index contributed by atoms with van der Waals surface area (Å²) in [5.41, 5.74) is 41.6. The van der Waals surface area contributed by atoms with E-state index >= 15 is 0 Å². The van der Waals surface area contributed by atoms with Gasteiger partial charge in [0.1, 0.15) is 24.9 Å². The second kappa shape index (κ2) is 35.8. The number of hydrogen-bond donors (Lipinski definition) is 8. The summed E-state index contributed by atoms with van der Waals surface area (Å²) >= 11 is 0. The van der Waals surface area contributed by atoms with Crippen LogP contribution in [0.15, 0.2) is 0 Å². The maximum absolute atomic E-state index is 5.27. The molecule has 0 aliphatic carbocycles. The zero-order valence-corrected chi connectivity index (χ0v) is 19.3. The number of nitrogens with two attached hydrogens (primary N) is 8. The van der Waals surface area contributed by atoms with Gasteiger partial charge in [-0.05, 0) is 0 Å². The first kappa shape index (κ1) is 50.1. The smallest absolute Gasteiger partial charge is 1.00 e. The summed E-state index contributed by atoms with van der Waals surface area (Å²) < 4.78 is 9.71. The van der Waals surface area contributed by atoms with Crippen LogP contribution in [0.25, 0.3) is 0 Å². The summed E-state index contributed by atoms with van der Waals surface area (Å²) in [6, 6.07) is 0. The first-order valence-corrected chi connectivity index (χ1v) is 5.54. The van der Waals surface area contributed by atoms with Gasteiger partial charge in [-0.2, -0.15) is 0 Å². The average molecular weight is 632 g/mol. The Morgan fingerprint density at radius 3 is 0.667 bits per heavy atom. The molecule has 0 rings (SSSR count). The van der Waals surface area contributed by atoms with Crippen molar-refractivity contribution in [3.05, 3.63) is 0 Å². The van der Waals surface area contributed by atoms with Crippen LogP contribution in [0.1, 0.15) is 0 Å². The molecule has 16 heteroatoms.